The largest absolute Gasteiger partial charge is 0.508 e. The molecule has 114 heavy (non-hydrogen) atoms. The predicted molar refractivity (Wildman–Crippen MR) is 413 cm³/mol. The molecule has 2 aliphatic rings. The van der Waals surface area contributed by atoms with E-state index in [2.05, 4.69) is 98.3 Å². The summed E-state index contributed by atoms with van der Waals surface area (Å²) in [5.41, 5.74) is 15.3. The van der Waals surface area contributed by atoms with Crippen LogP contribution in [0.4, 0.5) is 0 Å². The van der Waals surface area contributed by atoms with Crippen molar-refractivity contribution in [2.75, 3.05) is 32.8 Å². The zero-order chi connectivity index (χ0) is 81.6. The second-order valence-electron chi connectivity index (χ2n) is 28.4. The smallest absolute Gasteiger partial charge is 0.252 e. The minimum Gasteiger partial charge on any atom is -0.508 e. The average Bonchev–Trinajstić information content (AvgIpc) is 1.61. The number of phenolic OH excluding ortho intramolecular Hbond substituents is 1. The van der Waals surface area contributed by atoms with Crippen LogP contribution in [0.1, 0.15) is 122 Å². The predicted octanol–water partition coefficient (Wildman–Crippen LogP) is -1.43. The van der Waals surface area contributed by atoms with E-state index in [4.69, 9.17) is 16.9 Å². The number of rotatable bonds is 43. The van der Waals surface area contributed by atoms with Crippen molar-refractivity contribution in [1.29, 1.82) is 5.41 Å². The molecule has 9 atom stereocenters. The normalized spacial score (nSPS) is 15.7. The van der Waals surface area contributed by atoms with Crippen LogP contribution in [0, 0.1) is 11.3 Å². The Labute approximate surface area is 656 Å². The van der Waals surface area contributed by atoms with Crippen molar-refractivity contribution >= 4 is 87.7 Å². The van der Waals surface area contributed by atoms with Crippen LogP contribution in [-0.4, -0.2) is 219 Å². The molecule has 0 bridgehead atoms. The Hall–Kier alpha value is -12.8. The average molecular weight is 1570 g/mol. The maximum atomic E-state index is 15.2. The first-order valence-electron chi connectivity index (χ1n) is 37.7. The lowest BCUT2D eigenvalue weighted by Gasteiger charge is -2.31. The van der Waals surface area contributed by atoms with Gasteiger partial charge in [-0.25, -0.2) is 4.98 Å². The molecule has 2 aromatic carbocycles. The molecule has 0 aliphatic carbocycles. The third kappa shape index (κ3) is 26.2. The van der Waals surface area contributed by atoms with Gasteiger partial charge in [-0.2, -0.15) is 0 Å². The van der Waals surface area contributed by atoms with Gasteiger partial charge in [0.05, 0.1) is 47.8 Å². The third-order valence-electron chi connectivity index (χ3n) is 19.1. The van der Waals surface area contributed by atoms with Crippen molar-refractivity contribution in [3.05, 3.63) is 168 Å². The number of aliphatic hydroxyl groups is 1. The van der Waals surface area contributed by atoms with E-state index < -0.39 is 133 Å². The van der Waals surface area contributed by atoms with Crippen LogP contribution >= 0.6 is 0 Å². The van der Waals surface area contributed by atoms with Crippen LogP contribution < -0.4 is 70.0 Å². The number of hydrogen-bond donors (Lipinski definition) is 18. The summed E-state index contributed by atoms with van der Waals surface area (Å²) < 4.78 is 0. The number of benzene rings is 2. The summed E-state index contributed by atoms with van der Waals surface area (Å²) in [5.74, 6) is -10.0. The third-order valence-corrected chi connectivity index (χ3v) is 19.1. The van der Waals surface area contributed by atoms with Gasteiger partial charge < -0.3 is 95.0 Å². The molecule has 9 rings (SSSR count). The van der Waals surface area contributed by atoms with Gasteiger partial charge in [0.25, 0.3) is 5.91 Å². The topological polar surface area (TPSA) is 556 Å². The van der Waals surface area contributed by atoms with Crippen LogP contribution in [0.25, 0.3) is 10.9 Å². The number of nitrogens with zero attached hydrogens (tertiary/aromatic N) is 7. The van der Waals surface area contributed by atoms with Gasteiger partial charge in [-0.3, -0.25) is 87.8 Å². The number of hydrogen-bond acceptors (Lipinski definition) is 21. The molecule has 5 aromatic heterocycles. The molecule has 0 spiro atoms. The maximum absolute atomic E-state index is 15.2. The molecule has 12 amide bonds. The highest BCUT2D eigenvalue weighted by Crippen LogP contribution is 2.23. The van der Waals surface area contributed by atoms with E-state index in [-0.39, 0.29) is 126 Å². The lowest BCUT2D eigenvalue weighted by molar-refractivity contribution is -0.142. The minimum absolute atomic E-state index is 0.0231. The summed E-state index contributed by atoms with van der Waals surface area (Å²) in [6, 6.07) is 9.15. The second-order valence-corrected chi connectivity index (χ2v) is 28.4. The second kappa shape index (κ2) is 42.6. The summed E-state index contributed by atoms with van der Waals surface area (Å²) in [6.07, 6.45) is 13.0. The molecule has 7 heterocycles. The van der Waals surface area contributed by atoms with Gasteiger partial charge in [0, 0.05) is 119 Å². The lowest BCUT2D eigenvalue weighted by Crippen LogP contribution is -2.61. The van der Waals surface area contributed by atoms with E-state index in [9.17, 15) is 58.2 Å². The number of amides is 12. The highest BCUT2D eigenvalue weighted by molar-refractivity contribution is 6.00. The number of pyridine rings is 2. The fourth-order valence-electron chi connectivity index (χ4n) is 13.3. The first kappa shape index (κ1) is 85.2. The molecule has 0 saturated carbocycles. The SMILES string of the molecule is CC(C)C[C@H](NC(=O)[C@@H](CCCCNC(=O)c1ccc(CN(Cc2ccccn2)Cc2cnccn2)nc1)NC(=O)[C@H](Cc1ccc(O)cc1)NC(=O)[C@H](CO)NC(=O)[C@H](Cc1c[nH]c2ccccc12)NC(=O)[C@H](Cc1c[nH]cn1)NC(=O)[C@@H]1CCC(=O)N1)C(=O)N[C@@H](CCCNC(=N)N)C(=O)N1CCC[C@H]1C(=O)NCC(N)=O. The number of nitrogens with two attached hydrogens (primary N) is 2. The van der Waals surface area contributed by atoms with E-state index in [0.717, 1.165) is 11.4 Å². The van der Waals surface area contributed by atoms with Gasteiger partial charge >= 0.3 is 0 Å². The van der Waals surface area contributed by atoms with Gasteiger partial charge in [-0.1, -0.05) is 50.2 Å². The molecular weight excluding hydrogens is 1470 g/mol. The van der Waals surface area contributed by atoms with Gasteiger partial charge in [0.15, 0.2) is 5.96 Å². The minimum atomic E-state index is -1.84. The maximum Gasteiger partial charge on any atom is 0.252 e. The van der Waals surface area contributed by atoms with E-state index in [1.807, 2.05) is 18.2 Å². The van der Waals surface area contributed by atoms with Gasteiger partial charge in [0.1, 0.15) is 60.1 Å². The quantitative estimate of drug-likeness (QED) is 0.0118. The number of aliphatic hydroxyl groups excluding tert-OH is 1. The van der Waals surface area contributed by atoms with Crippen LogP contribution in [0.3, 0.4) is 0 Å². The lowest BCUT2D eigenvalue weighted by atomic mass is 10.00. The molecule has 0 unspecified atom stereocenters. The number of fused-ring (bicyclic) bond motifs is 1. The first-order chi connectivity index (χ1) is 54.9. The number of likely N-dealkylation sites (tertiary alicyclic amines) is 1. The molecule has 37 heteroatoms. The number of H-pyrrole nitrogens is 2. The number of nitrogens with one attached hydrogen (secondary N) is 14. The zero-order valence-corrected chi connectivity index (χ0v) is 63.3. The van der Waals surface area contributed by atoms with Crippen molar-refractivity contribution in [3.63, 3.8) is 0 Å². The Morgan fingerprint density at radius 1 is 0.605 bits per heavy atom. The molecule has 2 saturated heterocycles. The van der Waals surface area contributed by atoms with E-state index in [1.165, 1.54) is 47.9 Å². The van der Waals surface area contributed by atoms with E-state index >= 15 is 9.59 Å². The van der Waals surface area contributed by atoms with Crippen molar-refractivity contribution in [3.8, 4) is 5.75 Å². The van der Waals surface area contributed by atoms with Crippen molar-refractivity contribution in [2.24, 2.45) is 17.4 Å². The highest BCUT2D eigenvalue weighted by Gasteiger charge is 2.40. The number of guanidine groups is 1. The number of imidazole rings is 1. The fourth-order valence-corrected chi connectivity index (χ4v) is 13.3. The Kier molecular flexibility index (Phi) is 31.8. The number of unbranched alkanes of at least 4 members (excludes halogenated alkanes) is 1. The Balaban J connectivity index is 0.949. The summed E-state index contributed by atoms with van der Waals surface area (Å²) in [6.45, 7) is 3.57. The van der Waals surface area contributed by atoms with Crippen molar-refractivity contribution in [2.45, 2.75) is 171 Å². The summed E-state index contributed by atoms with van der Waals surface area (Å²) >= 11 is 0. The molecular formula is C77H99N23O14. The standard InChI is InChI=1S/C77H99N23O14/c1-45(2)31-59(70(108)93-58(15-9-27-86-77(79)80)76(114)100-30-10-16-64(100)75(113)89-39-65(78)103)94-68(106)56(14-6-8-26-85-67(105)47-19-20-50(87-35-47)41-99(40-49-11-5-7-25-83-49)42-52-38-81-28-29-84-52)92-71(109)60(32-46-17-21-53(102)22-18-46)95-74(112)63(43-101)98-72(110)61(33-48-36-88-55-13-4-3-12-54(48)55)96-73(111)62(34-51-37-82-44-90-51)97-69(107)57-23-24-66(104)91-57/h3-5,7,11-13,17-22,25,28-29,35-38,44-45,56-64,88,101-102H,6,8-10,14-16,23-24,26-27,30-34,39-43H2,1-2H3,(H2,78,103)(H,82,90)(H,85,105)(H,89,113)(H,91,104)(H,92,109)(H,93,108)(H,94,106)(H,95,112)(H,96,111)(H,97,107)(H,98,110)(H4,79,80,86)/t56-,57+,58+,59+,60+,61+,62+,63+,64+/m1/s1. The van der Waals surface area contributed by atoms with Crippen molar-refractivity contribution in [1.82, 2.24) is 103 Å². The van der Waals surface area contributed by atoms with Crippen LogP contribution in [-0.2, 0) is 91.6 Å². The number of primary amides is 1. The molecule has 0 radical (unpaired) electrons. The highest BCUT2D eigenvalue weighted by atomic mass is 16.3. The van der Waals surface area contributed by atoms with Gasteiger partial charge in [-0.15, -0.1) is 0 Å². The van der Waals surface area contributed by atoms with E-state index in [1.54, 1.807) is 81.2 Å². The Bertz CT molecular complexity index is 4400. The molecule has 606 valence electrons. The fraction of sp³-hybridized carbons (Fsp3) is 0.429. The number of aromatic nitrogens is 7. The Morgan fingerprint density at radius 2 is 1.25 bits per heavy atom. The Morgan fingerprint density at radius 3 is 1.90 bits per heavy atom. The van der Waals surface area contributed by atoms with Gasteiger partial charge in [-0.05, 0) is 117 Å². The summed E-state index contributed by atoms with van der Waals surface area (Å²) in [4.78, 5) is 200. The first-order valence-corrected chi connectivity index (χ1v) is 37.7. The molecule has 37 nitrogen and oxygen atoms in total. The number of para-hydroxylation sites is 1. The van der Waals surface area contributed by atoms with Crippen LogP contribution in [0.15, 0.2) is 129 Å². The number of carbonyl (C=O) groups is 12. The number of aromatic hydroxyl groups is 1. The number of aromatic amines is 2. The molecule has 2 fully saturated rings. The summed E-state index contributed by atoms with van der Waals surface area (Å²) in [5, 5.41) is 59.1. The zero-order valence-electron chi connectivity index (χ0n) is 63.3. The monoisotopic (exact) mass is 1570 g/mol. The molecule has 7 aromatic rings. The van der Waals surface area contributed by atoms with Crippen molar-refractivity contribution < 1.29 is 67.7 Å². The van der Waals surface area contributed by atoms with Crippen LogP contribution in [0.2, 0.25) is 0 Å². The van der Waals surface area contributed by atoms with Gasteiger partial charge in [0.2, 0.25) is 65.0 Å². The molecule has 20 N–H and O–H groups in total. The number of carbonyl (C=O) groups excluding carboxylic acids is 12. The number of phenols is 1. The summed E-state index contributed by atoms with van der Waals surface area (Å²) in [7, 11) is 0. The van der Waals surface area contributed by atoms with E-state index in [0.29, 0.717) is 59.5 Å². The molecule has 2 aliphatic heterocycles. The van der Waals surface area contributed by atoms with Crippen LogP contribution in [0.5, 0.6) is 5.75 Å².